The van der Waals surface area contributed by atoms with Crippen LogP contribution in [0, 0.1) is 0 Å². The number of nitrogens with one attached hydrogen (secondary N) is 2. The van der Waals surface area contributed by atoms with Crippen LogP contribution in [-0.4, -0.2) is 68.3 Å². The minimum Gasteiger partial charge on any atom is -0.493 e. The van der Waals surface area contributed by atoms with E-state index in [4.69, 9.17) is 207 Å². The van der Waals surface area contributed by atoms with Crippen LogP contribution in [-0.2, 0) is 0 Å². The maximum Gasteiger partial charge on any atom is 0.211 e. The number of hydrogen-bond donors (Lipinski definition) is 2. The summed E-state index contributed by atoms with van der Waals surface area (Å²) >= 11 is 90.4. The summed E-state index contributed by atoms with van der Waals surface area (Å²) in [6.07, 6.45) is 0. The molecule has 0 radical (unpaired) electrons. The zero-order valence-electron chi connectivity index (χ0n) is 51.3. The molecule has 0 saturated carbocycles. The number of fused-ring (bicyclic) bond motifs is 20. The molecule has 100 heavy (non-hydrogen) atoms. The molecule has 0 amide bonds. The molecular weight excluding hydrogens is 1530 g/mol. The van der Waals surface area contributed by atoms with Gasteiger partial charge in [-0.25, -0.2) is 29.9 Å². The molecule has 0 atom stereocenters. The lowest BCUT2D eigenvalue weighted by Gasteiger charge is -2.18. The van der Waals surface area contributed by atoms with Gasteiger partial charge >= 0.3 is 0 Å². The molecule has 13 aromatic rings. The molecule has 0 spiro atoms. The van der Waals surface area contributed by atoms with Crippen LogP contribution in [0.1, 0.15) is 0 Å². The van der Waals surface area contributed by atoms with E-state index in [2.05, 4.69) is 9.97 Å². The third-order valence-corrected chi connectivity index (χ3v) is 21.1. The summed E-state index contributed by atoms with van der Waals surface area (Å²) in [6.45, 7) is 0. The number of ether oxygens (including phenoxy) is 8. The van der Waals surface area contributed by atoms with Gasteiger partial charge in [-0.1, -0.05) is 248 Å². The highest BCUT2D eigenvalue weighted by atomic mass is 35.5. The van der Waals surface area contributed by atoms with Gasteiger partial charge in [-0.3, -0.25) is 0 Å². The molecular formula is C72H38Cl12N8O8. The zero-order valence-corrected chi connectivity index (χ0v) is 60.4. The maximum absolute atomic E-state index is 7.73. The predicted octanol–water partition coefficient (Wildman–Crippen LogP) is 25.2. The normalized spacial score (nSPS) is 11.6. The number of H-pyrrole nitrogens is 2. The highest BCUT2D eigenvalue weighted by Crippen LogP contribution is 2.59. The number of aromatic amines is 2. The van der Waals surface area contributed by atoms with Crippen LogP contribution >= 0.6 is 139 Å². The molecule has 2 aliphatic rings. The van der Waals surface area contributed by atoms with E-state index in [9.17, 15) is 0 Å². The van der Waals surface area contributed by atoms with Gasteiger partial charge in [0.15, 0.2) is 69.3 Å². The average Bonchev–Trinajstić information content (AvgIpc) is 1.56. The van der Waals surface area contributed by atoms with Gasteiger partial charge in [-0.2, -0.15) is 0 Å². The SMILES string of the molecule is COc1cccc(OC)c1Oc1c(Cl)c(Cl)c2c(c1Cl)-c1nc-2nc2[nH]c(nc3nc(nc4[nH]c(n1)c1c(Cl)c(Cl)c(Oc5ccccc5-c5ccccc5)c(Cl)c41)-c1c(Cl)c(Cl)c(Oc4ccccc4-c4ccccc4)c(Cl)c1-3)c1c(Cl)c(Oc3c(OC)cccc3OC)c(Cl)c(Cl)c21. The molecule has 498 valence electrons. The van der Waals surface area contributed by atoms with Gasteiger partial charge in [0, 0.05) is 11.1 Å². The summed E-state index contributed by atoms with van der Waals surface area (Å²) in [5.74, 6) is 0.816. The quantitative estimate of drug-likeness (QED) is 0.0981. The van der Waals surface area contributed by atoms with Crippen molar-refractivity contribution in [3.8, 4) is 137 Å². The van der Waals surface area contributed by atoms with Crippen molar-refractivity contribution in [1.29, 1.82) is 0 Å². The number of nitrogens with zero attached hydrogens (tertiary/aromatic N) is 6. The van der Waals surface area contributed by atoms with E-state index >= 15 is 0 Å². The highest BCUT2D eigenvalue weighted by molar-refractivity contribution is 6.53. The first-order valence-electron chi connectivity index (χ1n) is 29.5. The Morgan fingerprint density at radius 2 is 0.510 bits per heavy atom. The second-order valence-electron chi connectivity index (χ2n) is 21.8. The standard InChI is InChI=1S/C72H38Cl12N8O8/c1-93-35-25-15-26-36(94-2)59(35)99-63-53(79)45-41(49(75)57(63)83)65-85-66-42-46(54(80)64(58(84)50(42)76)100-60-37(95-3)27-16-28-38(60)96-4)72(87-66)92-70-44-40(48(74)56(82)62(52(44)78)98-34-24-14-12-22-32(34)30-19-9-6-10-20-30)67(90-70)88-69-43-39(68(89-69)91-71(45)86-65)47(73)55(81)61(51(43)77)97-33-23-13-11-21-31(33)29-17-7-5-8-18-29/h5-28H,1-4H3,(H2,85,86,87,88,89,90,91,92). The van der Waals surface area contributed by atoms with Crippen LogP contribution in [0.25, 0.3) is 112 Å². The summed E-state index contributed by atoms with van der Waals surface area (Å²) in [5.41, 5.74) is 3.00. The molecule has 10 aromatic carbocycles. The zero-order chi connectivity index (χ0) is 69.7. The second kappa shape index (κ2) is 27.1. The molecule has 16 nitrogen and oxygen atoms in total. The van der Waals surface area contributed by atoms with Crippen LogP contribution in [0.3, 0.4) is 0 Å². The van der Waals surface area contributed by atoms with E-state index in [0.717, 1.165) is 11.1 Å². The molecule has 15 rings (SSSR count). The number of para-hydroxylation sites is 4. The largest absolute Gasteiger partial charge is 0.493 e. The Bertz CT molecular complexity index is 5770. The van der Waals surface area contributed by atoms with E-state index in [0.29, 0.717) is 22.6 Å². The van der Waals surface area contributed by atoms with Gasteiger partial charge in [0.2, 0.25) is 11.5 Å². The fraction of sp³-hybridized carbons (Fsp3) is 0.0556. The van der Waals surface area contributed by atoms with Gasteiger partial charge in [0.1, 0.15) is 54.2 Å². The Morgan fingerprint density at radius 1 is 0.240 bits per heavy atom. The number of halogens is 12. The van der Waals surface area contributed by atoms with Gasteiger partial charge in [0.05, 0.1) is 112 Å². The molecule has 0 fully saturated rings. The van der Waals surface area contributed by atoms with Gasteiger partial charge in [0.25, 0.3) is 0 Å². The Labute approximate surface area is 626 Å². The molecule has 2 aliphatic heterocycles. The lowest BCUT2D eigenvalue weighted by Crippen LogP contribution is -1.97. The van der Waals surface area contributed by atoms with Gasteiger partial charge < -0.3 is 47.9 Å². The molecule has 3 aromatic heterocycles. The fourth-order valence-corrected chi connectivity index (χ4v) is 15.1. The Balaban J connectivity index is 1.09. The summed E-state index contributed by atoms with van der Waals surface area (Å²) in [5, 5.41) is -1.39. The maximum atomic E-state index is 7.73. The Hall–Kier alpha value is -8.56. The third-order valence-electron chi connectivity index (χ3n) is 16.3. The van der Waals surface area contributed by atoms with Crippen molar-refractivity contribution in [2.45, 2.75) is 0 Å². The van der Waals surface area contributed by atoms with Crippen molar-refractivity contribution in [1.82, 2.24) is 39.9 Å². The molecule has 5 heterocycles. The summed E-state index contributed by atoms with van der Waals surface area (Å²) < 4.78 is 49.6. The fourth-order valence-electron chi connectivity index (χ4n) is 11.7. The first-order chi connectivity index (χ1) is 48.4. The van der Waals surface area contributed by atoms with Crippen LogP contribution in [0.15, 0.2) is 146 Å². The Kier molecular flexibility index (Phi) is 18.2. The smallest absolute Gasteiger partial charge is 0.211 e. The number of benzene rings is 10. The van der Waals surface area contributed by atoms with Crippen molar-refractivity contribution in [2.24, 2.45) is 0 Å². The van der Waals surface area contributed by atoms with Crippen molar-refractivity contribution in [3.63, 3.8) is 0 Å². The second-order valence-corrected chi connectivity index (χ2v) is 26.3. The lowest BCUT2D eigenvalue weighted by molar-refractivity contribution is 0.346. The number of aromatic nitrogens is 8. The Morgan fingerprint density at radius 3 is 0.860 bits per heavy atom. The van der Waals surface area contributed by atoms with Crippen molar-refractivity contribution < 1.29 is 37.9 Å². The van der Waals surface area contributed by atoms with Gasteiger partial charge in [-0.05, 0) is 47.5 Å². The molecule has 28 heteroatoms. The van der Waals surface area contributed by atoms with E-state index < -0.39 is 0 Å². The lowest BCUT2D eigenvalue weighted by atomic mass is 10.0. The monoisotopic (exact) mass is 1560 g/mol. The van der Waals surface area contributed by atoms with E-state index in [-0.39, 0.29) is 207 Å². The molecule has 8 bridgehead atoms. The van der Waals surface area contributed by atoms with Crippen LogP contribution in [0.2, 0.25) is 60.3 Å². The number of rotatable bonds is 14. The topological polar surface area (TPSA) is 183 Å². The predicted molar refractivity (Wildman–Crippen MR) is 399 cm³/mol. The minimum absolute atomic E-state index is 0.0350. The summed E-state index contributed by atoms with van der Waals surface area (Å²) in [6, 6.07) is 43.8. The highest BCUT2D eigenvalue weighted by Gasteiger charge is 2.37. The average molecular weight is 1570 g/mol. The molecule has 0 aliphatic carbocycles. The van der Waals surface area contributed by atoms with Crippen molar-refractivity contribution in [2.75, 3.05) is 28.4 Å². The third kappa shape index (κ3) is 11.2. The first-order valence-corrected chi connectivity index (χ1v) is 34.0. The van der Waals surface area contributed by atoms with Crippen LogP contribution in [0.5, 0.6) is 69.0 Å². The van der Waals surface area contributed by atoms with E-state index in [1.54, 1.807) is 60.7 Å². The van der Waals surface area contributed by atoms with Gasteiger partial charge in [-0.15, -0.1) is 0 Å². The van der Waals surface area contributed by atoms with Crippen molar-refractivity contribution >= 4 is 183 Å². The molecule has 0 unspecified atom stereocenters. The molecule has 2 N–H and O–H groups in total. The molecule has 0 saturated heterocycles. The minimum atomic E-state index is -0.195. The van der Waals surface area contributed by atoms with E-state index in [1.807, 2.05) is 84.9 Å². The first kappa shape index (κ1) is 67.3. The number of methoxy groups -OCH3 is 4. The van der Waals surface area contributed by atoms with Crippen molar-refractivity contribution in [3.05, 3.63) is 206 Å². The van der Waals surface area contributed by atoms with Crippen LogP contribution < -0.4 is 37.9 Å². The van der Waals surface area contributed by atoms with E-state index in [1.165, 1.54) is 28.4 Å². The van der Waals surface area contributed by atoms with Crippen LogP contribution in [0.4, 0.5) is 0 Å². The summed E-state index contributed by atoms with van der Waals surface area (Å²) in [4.78, 5) is 37.7. The summed E-state index contributed by atoms with van der Waals surface area (Å²) in [7, 11) is 5.80. The number of hydrogen-bond acceptors (Lipinski definition) is 14.